The molecule has 0 fully saturated rings. The Morgan fingerprint density at radius 2 is 1.44 bits per heavy atom. The van der Waals surface area contributed by atoms with Gasteiger partial charge >= 0.3 is 5.97 Å². The molecule has 0 unspecified atom stereocenters. The number of aliphatic hydroxyl groups is 1. The van der Waals surface area contributed by atoms with E-state index in [1.165, 1.54) is 24.3 Å². The molecule has 2 atom stereocenters. The van der Waals surface area contributed by atoms with Gasteiger partial charge in [0, 0.05) is 12.6 Å². The fourth-order valence-electron chi connectivity index (χ4n) is 3.25. The molecule has 3 aromatic carbocycles. The van der Waals surface area contributed by atoms with Gasteiger partial charge in [-0.3, -0.25) is 0 Å². The molecule has 0 bridgehead atoms. The summed E-state index contributed by atoms with van der Waals surface area (Å²) in [4.78, 5) is 11.1. The van der Waals surface area contributed by atoms with Crippen LogP contribution in [0.5, 0.6) is 0 Å². The second-order valence-corrected chi connectivity index (χ2v) is 9.37. The van der Waals surface area contributed by atoms with E-state index >= 15 is 0 Å². The number of rotatable bonds is 9. The van der Waals surface area contributed by atoms with Gasteiger partial charge in [-0.2, -0.15) is 0 Å². The molecule has 0 aliphatic rings. The van der Waals surface area contributed by atoms with Crippen molar-refractivity contribution in [2.24, 2.45) is 0 Å². The summed E-state index contributed by atoms with van der Waals surface area (Å²) in [7, 11) is -3.72. The smallest absolute Gasteiger partial charge is 0.335 e. The van der Waals surface area contributed by atoms with Crippen LogP contribution in [0.25, 0.3) is 0 Å². The van der Waals surface area contributed by atoms with Crippen LogP contribution >= 0.6 is 12.4 Å². The third-order valence-corrected chi connectivity index (χ3v) is 6.82. The molecule has 0 radical (unpaired) electrons. The maximum absolute atomic E-state index is 12.8. The van der Waals surface area contributed by atoms with Crippen molar-refractivity contribution in [1.82, 2.24) is 5.32 Å². The van der Waals surface area contributed by atoms with Gasteiger partial charge in [0.15, 0.2) is 0 Å². The quantitative estimate of drug-likeness (QED) is 0.433. The van der Waals surface area contributed by atoms with E-state index in [0.717, 1.165) is 11.1 Å². The average Bonchev–Trinajstić information content (AvgIpc) is 2.78. The summed E-state index contributed by atoms with van der Waals surface area (Å²) in [5, 5.41) is 22.5. The van der Waals surface area contributed by atoms with Crippen molar-refractivity contribution >= 4 is 28.2 Å². The van der Waals surface area contributed by atoms with Crippen molar-refractivity contribution in [3.8, 4) is 0 Å². The highest BCUT2D eigenvalue weighted by molar-refractivity contribution is 7.91. The van der Waals surface area contributed by atoms with E-state index in [2.05, 4.69) is 5.32 Å². The van der Waals surface area contributed by atoms with Gasteiger partial charge in [-0.1, -0.05) is 42.5 Å². The molecule has 32 heavy (non-hydrogen) atoms. The van der Waals surface area contributed by atoms with Crippen molar-refractivity contribution in [2.75, 3.05) is 6.54 Å². The molecule has 3 aromatic rings. The molecule has 6 nitrogen and oxygen atoms in total. The van der Waals surface area contributed by atoms with Crippen molar-refractivity contribution in [2.45, 2.75) is 35.3 Å². The van der Waals surface area contributed by atoms with E-state index < -0.39 is 21.9 Å². The van der Waals surface area contributed by atoms with Gasteiger partial charge in [-0.05, 0) is 60.9 Å². The van der Waals surface area contributed by atoms with Crippen LogP contribution in [0.4, 0.5) is 0 Å². The molecule has 0 spiro atoms. The molecule has 0 aromatic heterocycles. The lowest BCUT2D eigenvalue weighted by atomic mass is 10.1. The summed E-state index contributed by atoms with van der Waals surface area (Å²) in [5.41, 5.74) is 1.86. The Balaban J connectivity index is 0.00000363. The zero-order valence-electron chi connectivity index (χ0n) is 17.5. The highest BCUT2D eigenvalue weighted by atomic mass is 35.5. The lowest BCUT2D eigenvalue weighted by molar-refractivity contribution is 0.0696. The van der Waals surface area contributed by atoms with Crippen molar-refractivity contribution in [1.29, 1.82) is 0 Å². The Labute approximate surface area is 194 Å². The van der Waals surface area contributed by atoms with Gasteiger partial charge < -0.3 is 15.5 Å². The number of halogens is 1. The summed E-state index contributed by atoms with van der Waals surface area (Å²) in [5.74, 6) is -1.10. The summed E-state index contributed by atoms with van der Waals surface area (Å²) in [6.07, 6.45) is 0.0819. The number of hydrogen-bond donors (Lipinski definition) is 3. The van der Waals surface area contributed by atoms with E-state index in [1.54, 1.807) is 24.3 Å². The van der Waals surface area contributed by atoms with Gasteiger partial charge in [-0.15, -0.1) is 12.4 Å². The number of carboxylic acids is 1. The third kappa shape index (κ3) is 6.40. The second kappa shape index (κ2) is 11.2. The summed E-state index contributed by atoms with van der Waals surface area (Å²) >= 11 is 0. The Morgan fingerprint density at radius 3 is 1.97 bits per heavy atom. The van der Waals surface area contributed by atoms with Crippen LogP contribution in [0.2, 0.25) is 0 Å². The topological polar surface area (TPSA) is 104 Å². The Bertz CT molecular complexity index is 1120. The van der Waals surface area contributed by atoms with Gasteiger partial charge in [0.1, 0.15) is 0 Å². The van der Waals surface area contributed by atoms with E-state index in [1.807, 2.05) is 37.3 Å². The lowest BCUT2D eigenvalue weighted by Crippen LogP contribution is -2.32. The zero-order chi connectivity index (χ0) is 22.4. The Hall–Kier alpha value is -2.71. The number of aromatic carboxylic acids is 1. The van der Waals surface area contributed by atoms with E-state index in [9.17, 15) is 18.3 Å². The maximum Gasteiger partial charge on any atom is 0.335 e. The van der Waals surface area contributed by atoms with E-state index in [0.29, 0.717) is 13.0 Å². The molecule has 0 aliphatic carbocycles. The number of carboxylic acid groups (broad SMARTS) is 1. The van der Waals surface area contributed by atoms with Gasteiger partial charge in [0.25, 0.3) is 0 Å². The van der Waals surface area contributed by atoms with Crippen molar-refractivity contribution in [3.63, 3.8) is 0 Å². The van der Waals surface area contributed by atoms with E-state index in [-0.39, 0.29) is 33.8 Å². The molecule has 170 valence electrons. The highest BCUT2D eigenvalue weighted by Crippen LogP contribution is 2.22. The predicted molar refractivity (Wildman–Crippen MR) is 125 cm³/mol. The molecular weight excluding hydrogens is 450 g/mol. The average molecular weight is 476 g/mol. The first kappa shape index (κ1) is 25.5. The van der Waals surface area contributed by atoms with Gasteiger partial charge in [0.2, 0.25) is 9.84 Å². The monoisotopic (exact) mass is 475 g/mol. The standard InChI is InChI=1S/C24H25NO5S.ClH/c1-17(25-16-23(26)19-5-3-2-4-6-19)15-18-7-11-21(12-8-18)31(29,30)22-13-9-20(10-14-22)24(27)28;/h2-14,17,23,25-26H,15-16H2,1H3,(H,27,28);1H/t17-,23+;/m1./s1. The molecule has 0 amide bonds. The maximum atomic E-state index is 12.8. The van der Waals surface area contributed by atoms with Crippen LogP contribution in [-0.2, 0) is 16.3 Å². The van der Waals surface area contributed by atoms with E-state index in [4.69, 9.17) is 5.11 Å². The lowest BCUT2D eigenvalue weighted by Gasteiger charge is -2.17. The minimum absolute atomic E-state index is 0. The number of nitrogens with one attached hydrogen (secondary N) is 1. The first-order valence-corrected chi connectivity index (χ1v) is 11.4. The van der Waals surface area contributed by atoms with Crippen LogP contribution in [-0.4, -0.2) is 37.2 Å². The fraction of sp³-hybridized carbons (Fsp3) is 0.208. The Morgan fingerprint density at radius 1 is 0.906 bits per heavy atom. The van der Waals surface area contributed by atoms with Gasteiger partial charge in [-0.25, -0.2) is 13.2 Å². The van der Waals surface area contributed by atoms with Crippen LogP contribution in [0.3, 0.4) is 0 Å². The fourth-order valence-corrected chi connectivity index (χ4v) is 4.51. The number of benzene rings is 3. The van der Waals surface area contributed by atoms with Crippen molar-refractivity contribution in [3.05, 3.63) is 95.6 Å². The zero-order valence-corrected chi connectivity index (χ0v) is 19.1. The summed E-state index contributed by atoms with van der Waals surface area (Å²) in [6, 6.07) is 21.3. The normalized spacial score (nSPS) is 13.1. The minimum atomic E-state index is -3.72. The van der Waals surface area contributed by atoms with Gasteiger partial charge in [0.05, 0.1) is 21.5 Å². The molecule has 0 heterocycles. The number of hydrogen-bond acceptors (Lipinski definition) is 5. The third-order valence-electron chi connectivity index (χ3n) is 5.03. The summed E-state index contributed by atoms with van der Waals surface area (Å²) < 4.78 is 25.5. The molecule has 0 aliphatic heterocycles. The summed E-state index contributed by atoms with van der Waals surface area (Å²) in [6.45, 7) is 2.43. The number of carbonyl (C=O) groups is 1. The SMILES string of the molecule is C[C@H](Cc1ccc(S(=O)(=O)c2ccc(C(=O)O)cc2)cc1)NC[C@H](O)c1ccccc1.Cl. The van der Waals surface area contributed by atoms with Crippen molar-refractivity contribution < 1.29 is 23.4 Å². The first-order chi connectivity index (χ1) is 14.8. The Kier molecular flexibility index (Phi) is 8.98. The molecule has 8 heteroatoms. The number of aliphatic hydroxyl groups excluding tert-OH is 1. The second-order valence-electron chi connectivity index (χ2n) is 7.42. The number of sulfone groups is 1. The van der Waals surface area contributed by atoms with Crippen LogP contribution in [0.1, 0.15) is 34.5 Å². The highest BCUT2D eigenvalue weighted by Gasteiger charge is 2.18. The van der Waals surface area contributed by atoms with Crippen LogP contribution in [0, 0.1) is 0 Å². The molecule has 0 saturated heterocycles. The largest absolute Gasteiger partial charge is 0.478 e. The molecule has 3 N–H and O–H groups in total. The molecule has 0 saturated carbocycles. The predicted octanol–water partition coefficient (Wildman–Crippen LogP) is 3.89. The van der Waals surface area contributed by atoms with Crippen LogP contribution in [0.15, 0.2) is 88.7 Å². The first-order valence-electron chi connectivity index (χ1n) is 9.91. The molecular formula is C24H26ClNO5S. The molecule has 3 rings (SSSR count). The van der Waals surface area contributed by atoms with Crippen LogP contribution < -0.4 is 5.32 Å². The minimum Gasteiger partial charge on any atom is -0.478 e.